The minimum Gasteiger partial charge on any atom is -0.236 e. The molecule has 0 atom stereocenters. The van der Waals surface area contributed by atoms with Crippen LogP contribution in [0.15, 0.2) is 96.0 Å². The van der Waals surface area contributed by atoms with Gasteiger partial charge in [0.15, 0.2) is 5.65 Å². The van der Waals surface area contributed by atoms with Gasteiger partial charge in [-0.05, 0) is 41.5 Å². The van der Waals surface area contributed by atoms with Crippen LogP contribution in [0.25, 0.3) is 34.1 Å². The fourth-order valence-electron chi connectivity index (χ4n) is 3.65. The van der Waals surface area contributed by atoms with E-state index < -0.39 is 10.0 Å². The molecule has 6 heteroatoms. The van der Waals surface area contributed by atoms with E-state index >= 15 is 0 Å². The van der Waals surface area contributed by atoms with Crippen LogP contribution >= 0.6 is 11.6 Å². The van der Waals surface area contributed by atoms with Gasteiger partial charge in [-0.1, -0.05) is 78.4 Å². The second-order valence-electron chi connectivity index (χ2n) is 7.13. The third-order valence-electron chi connectivity index (χ3n) is 5.10. The first-order chi connectivity index (χ1) is 15.0. The molecule has 0 unspecified atom stereocenters. The molecule has 5 aromatic rings. The molecule has 0 saturated heterocycles. The molecule has 0 spiro atoms. The lowest BCUT2D eigenvalue weighted by Crippen LogP contribution is -2.13. The van der Waals surface area contributed by atoms with E-state index in [2.05, 4.69) is 4.98 Å². The Kier molecular flexibility index (Phi) is 4.85. The first kappa shape index (κ1) is 19.5. The van der Waals surface area contributed by atoms with Crippen LogP contribution in [-0.2, 0) is 10.0 Å². The zero-order valence-electron chi connectivity index (χ0n) is 16.3. The molecular formula is C25H17ClN2O2S. The maximum absolute atomic E-state index is 13.5. The highest BCUT2D eigenvalue weighted by Crippen LogP contribution is 2.33. The van der Waals surface area contributed by atoms with Crippen molar-refractivity contribution in [1.82, 2.24) is 8.96 Å². The van der Waals surface area contributed by atoms with Crippen molar-refractivity contribution in [1.29, 1.82) is 0 Å². The number of nitrogens with zero attached hydrogens (tertiary/aromatic N) is 2. The molecule has 4 nitrogen and oxygen atoms in total. The predicted octanol–water partition coefficient (Wildman–Crippen LogP) is 6.25. The molecule has 0 saturated carbocycles. The summed E-state index contributed by atoms with van der Waals surface area (Å²) in [6.07, 6.45) is 5.49. The molecule has 5 rings (SSSR count). The molecule has 2 aromatic heterocycles. The van der Waals surface area contributed by atoms with Gasteiger partial charge in [-0.25, -0.2) is 17.4 Å². The van der Waals surface area contributed by atoms with Crippen molar-refractivity contribution in [3.8, 4) is 0 Å². The number of halogens is 1. The van der Waals surface area contributed by atoms with Gasteiger partial charge in [0.2, 0.25) is 0 Å². The van der Waals surface area contributed by atoms with Gasteiger partial charge in [-0.2, -0.15) is 0 Å². The van der Waals surface area contributed by atoms with Crippen LogP contribution in [0.4, 0.5) is 0 Å². The van der Waals surface area contributed by atoms with Crippen LogP contribution in [-0.4, -0.2) is 17.4 Å². The second-order valence-corrected chi connectivity index (χ2v) is 9.35. The van der Waals surface area contributed by atoms with E-state index in [0.29, 0.717) is 21.6 Å². The highest BCUT2D eigenvalue weighted by Gasteiger charge is 2.24. The highest BCUT2D eigenvalue weighted by molar-refractivity contribution is 7.90. The third-order valence-corrected chi connectivity index (χ3v) is 7.03. The van der Waals surface area contributed by atoms with E-state index in [-0.39, 0.29) is 4.90 Å². The number of pyridine rings is 1. The van der Waals surface area contributed by atoms with Crippen molar-refractivity contribution in [2.45, 2.75) is 4.90 Å². The predicted molar refractivity (Wildman–Crippen MR) is 127 cm³/mol. The normalized spacial score (nSPS) is 12.2. The van der Waals surface area contributed by atoms with Crippen LogP contribution < -0.4 is 0 Å². The molecule has 0 aliphatic rings. The summed E-state index contributed by atoms with van der Waals surface area (Å²) in [6, 6.07) is 25.8. The molecule has 0 bridgehead atoms. The molecule has 0 N–H and O–H groups in total. The summed E-state index contributed by atoms with van der Waals surface area (Å²) >= 11 is 6.21. The van der Waals surface area contributed by atoms with E-state index in [9.17, 15) is 8.42 Å². The van der Waals surface area contributed by atoms with E-state index in [1.807, 2.05) is 60.7 Å². The topological polar surface area (TPSA) is 52.0 Å². The number of hydrogen-bond acceptors (Lipinski definition) is 3. The zero-order valence-corrected chi connectivity index (χ0v) is 17.9. The SMILES string of the molecule is O=S(=O)(c1ccccc1)n1c2ccc(/C=C/c3ccccc3)cc2c2cc(Cl)cnc21. The smallest absolute Gasteiger partial charge is 0.236 e. The van der Waals surface area contributed by atoms with E-state index in [4.69, 9.17) is 11.6 Å². The van der Waals surface area contributed by atoms with Gasteiger partial charge in [-0.15, -0.1) is 0 Å². The van der Waals surface area contributed by atoms with Gasteiger partial charge < -0.3 is 0 Å². The van der Waals surface area contributed by atoms with Crippen LogP contribution in [0.5, 0.6) is 0 Å². The second kappa shape index (κ2) is 7.69. The van der Waals surface area contributed by atoms with E-state index in [1.54, 1.807) is 36.4 Å². The van der Waals surface area contributed by atoms with E-state index in [0.717, 1.165) is 16.5 Å². The fraction of sp³-hybridized carbons (Fsp3) is 0. The number of rotatable bonds is 4. The fourth-order valence-corrected chi connectivity index (χ4v) is 5.32. The van der Waals surface area contributed by atoms with Crippen molar-refractivity contribution in [3.63, 3.8) is 0 Å². The summed E-state index contributed by atoms with van der Waals surface area (Å²) in [5, 5.41) is 1.92. The first-order valence-corrected chi connectivity index (χ1v) is 11.5. The van der Waals surface area contributed by atoms with Gasteiger partial charge >= 0.3 is 0 Å². The van der Waals surface area contributed by atoms with Gasteiger partial charge in [0.05, 0.1) is 15.4 Å². The van der Waals surface area contributed by atoms with Crippen molar-refractivity contribution in [2.24, 2.45) is 0 Å². The first-order valence-electron chi connectivity index (χ1n) is 9.67. The lowest BCUT2D eigenvalue weighted by atomic mass is 10.1. The minimum absolute atomic E-state index is 0.207. The quantitative estimate of drug-likeness (QED) is 0.308. The molecule has 0 amide bonds. The van der Waals surface area contributed by atoms with Gasteiger partial charge in [-0.3, -0.25) is 0 Å². The molecule has 31 heavy (non-hydrogen) atoms. The number of hydrogen-bond donors (Lipinski definition) is 0. The Hall–Kier alpha value is -3.41. The van der Waals surface area contributed by atoms with Crippen molar-refractivity contribution < 1.29 is 8.42 Å². The summed E-state index contributed by atoms with van der Waals surface area (Å²) in [5.74, 6) is 0. The summed E-state index contributed by atoms with van der Waals surface area (Å²) in [5.41, 5.74) is 2.95. The Balaban J connectivity index is 1.74. The summed E-state index contributed by atoms with van der Waals surface area (Å²) in [6.45, 7) is 0. The number of aromatic nitrogens is 2. The molecule has 0 aliphatic heterocycles. The van der Waals surface area contributed by atoms with Crippen LogP contribution in [0.1, 0.15) is 11.1 Å². The molecule has 0 fully saturated rings. The molecule has 0 radical (unpaired) electrons. The summed E-state index contributed by atoms with van der Waals surface area (Å²) in [4.78, 5) is 4.57. The van der Waals surface area contributed by atoms with Crippen LogP contribution in [0.2, 0.25) is 5.02 Å². The minimum atomic E-state index is -3.84. The monoisotopic (exact) mass is 444 g/mol. The summed E-state index contributed by atoms with van der Waals surface area (Å²) < 4.78 is 28.3. The van der Waals surface area contributed by atoms with Crippen molar-refractivity contribution in [3.05, 3.63) is 107 Å². The average molecular weight is 445 g/mol. The Morgan fingerprint density at radius 1 is 0.774 bits per heavy atom. The Labute approximate surface area is 185 Å². The largest absolute Gasteiger partial charge is 0.269 e. The van der Waals surface area contributed by atoms with Crippen LogP contribution in [0.3, 0.4) is 0 Å². The van der Waals surface area contributed by atoms with Gasteiger partial charge in [0.1, 0.15) is 0 Å². The number of fused-ring (bicyclic) bond motifs is 3. The van der Waals surface area contributed by atoms with Crippen molar-refractivity contribution in [2.75, 3.05) is 0 Å². The Morgan fingerprint density at radius 2 is 1.45 bits per heavy atom. The molecule has 3 aromatic carbocycles. The Morgan fingerprint density at radius 3 is 2.19 bits per heavy atom. The maximum Gasteiger partial charge on any atom is 0.269 e. The standard InChI is InChI=1S/C25H17ClN2O2S/c26-20-16-23-22-15-19(12-11-18-7-3-1-4-8-18)13-14-24(22)28(25(23)27-17-20)31(29,30)21-9-5-2-6-10-21/h1-17H/b12-11+. The van der Waals surface area contributed by atoms with Gasteiger partial charge in [0.25, 0.3) is 10.0 Å². The average Bonchev–Trinajstić information content (AvgIpc) is 3.12. The number of benzene rings is 3. The molecule has 152 valence electrons. The summed E-state index contributed by atoms with van der Waals surface area (Å²) in [7, 11) is -3.84. The zero-order chi connectivity index (χ0) is 21.4. The van der Waals surface area contributed by atoms with Crippen LogP contribution in [0, 0.1) is 0 Å². The third kappa shape index (κ3) is 3.52. The maximum atomic E-state index is 13.5. The molecule has 0 aliphatic carbocycles. The van der Waals surface area contributed by atoms with E-state index in [1.165, 1.54) is 10.2 Å². The highest BCUT2D eigenvalue weighted by atomic mass is 35.5. The molecular weight excluding hydrogens is 428 g/mol. The molecule has 2 heterocycles. The van der Waals surface area contributed by atoms with Crippen molar-refractivity contribution >= 4 is 55.7 Å². The van der Waals surface area contributed by atoms with Gasteiger partial charge in [0, 0.05) is 17.0 Å². The Bertz CT molecular complexity index is 1540. The lowest BCUT2D eigenvalue weighted by Gasteiger charge is -2.08. The lowest BCUT2D eigenvalue weighted by molar-refractivity contribution is 0.590.